The summed E-state index contributed by atoms with van der Waals surface area (Å²) in [6.45, 7) is 0.942. The lowest BCUT2D eigenvalue weighted by molar-refractivity contribution is -0.384. The summed E-state index contributed by atoms with van der Waals surface area (Å²) >= 11 is 5.86. The lowest BCUT2D eigenvalue weighted by Crippen LogP contribution is -2.48. The summed E-state index contributed by atoms with van der Waals surface area (Å²) in [5.74, 6) is 0. The Labute approximate surface area is 164 Å². The smallest absolute Gasteiger partial charge is 0.294 e. The van der Waals surface area contributed by atoms with E-state index in [2.05, 4.69) is 14.9 Å². The molecule has 1 aliphatic rings. The largest absolute Gasteiger partial charge is 0.363 e. The first kappa shape index (κ1) is 18.6. The molecule has 0 saturated carbocycles. The van der Waals surface area contributed by atoms with Crippen molar-refractivity contribution in [1.82, 2.24) is 14.6 Å². The van der Waals surface area contributed by atoms with Gasteiger partial charge in [0, 0.05) is 37.3 Å². The van der Waals surface area contributed by atoms with Gasteiger partial charge in [-0.25, -0.2) is 13.0 Å². The van der Waals surface area contributed by atoms with Crippen molar-refractivity contribution in [2.45, 2.75) is 4.90 Å². The molecule has 4 rings (SSSR count). The maximum Gasteiger partial charge on any atom is 0.294 e. The van der Waals surface area contributed by atoms with Crippen LogP contribution in [0.4, 0.5) is 11.4 Å². The normalized spacial score (nSPS) is 15.8. The molecule has 0 atom stereocenters. The summed E-state index contributed by atoms with van der Waals surface area (Å²) in [5.41, 5.74) is 0.839. The van der Waals surface area contributed by atoms with Gasteiger partial charge < -0.3 is 4.90 Å². The molecule has 1 fully saturated rings. The van der Waals surface area contributed by atoms with Gasteiger partial charge in [0.05, 0.1) is 4.92 Å². The highest BCUT2D eigenvalue weighted by molar-refractivity contribution is 7.89. The van der Waals surface area contributed by atoms with Crippen LogP contribution in [0.3, 0.4) is 0 Å². The van der Waals surface area contributed by atoms with Crippen LogP contribution in [0.15, 0.2) is 45.9 Å². The second-order valence-electron chi connectivity index (χ2n) is 6.17. The number of aromatic nitrogens is 2. The Bertz CT molecular complexity index is 1160. The Morgan fingerprint density at radius 1 is 1.11 bits per heavy atom. The molecule has 0 aliphatic carbocycles. The number of halogens is 1. The van der Waals surface area contributed by atoms with Crippen molar-refractivity contribution in [2.24, 2.45) is 0 Å². The number of fused-ring (bicyclic) bond motifs is 1. The van der Waals surface area contributed by atoms with E-state index in [-0.39, 0.29) is 34.2 Å². The van der Waals surface area contributed by atoms with Crippen LogP contribution in [0.25, 0.3) is 11.0 Å². The molecule has 12 heteroatoms. The third-order valence-corrected chi connectivity index (χ3v) is 6.75. The van der Waals surface area contributed by atoms with Crippen LogP contribution in [0.5, 0.6) is 0 Å². The summed E-state index contributed by atoms with van der Waals surface area (Å²) in [5, 5.41) is 18.9. The number of hydrogen-bond acceptors (Lipinski definition) is 8. The van der Waals surface area contributed by atoms with Crippen molar-refractivity contribution in [3.05, 3.63) is 51.5 Å². The molecule has 2 aromatic carbocycles. The minimum absolute atomic E-state index is 0.0252. The predicted octanol–water partition coefficient (Wildman–Crippen LogP) is 2.30. The Kier molecular flexibility index (Phi) is 4.65. The Morgan fingerprint density at radius 3 is 2.57 bits per heavy atom. The van der Waals surface area contributed by atoms with Crippen molar-refractivity contribution in [3.8, 4) is 0 Å². The van der Waals surface area contributed by atoms with Crippen LogP contribution in [0, 0.1) is 10.1 Å². The van der Waals surface area contributed by atoms with Crippen LogP contribution < -0.4 is 4.90 Å². The molecule has 2 heterocycles. The van der Waals surface area contributed by atoms with E-state index >= 15 is 0 Å². The molecule has 0 unspecified atom stereocenters. The number of piperazine rings is 1. The van der Waals surface area contributed by atoms with Gasteiger partial charge in [0.15, 0.2) is 5.52 Å². The van der Waals surface area contributed by atoms with Gasteiger partial charge in [-0.05, 0) is 34.6 Å². The summed E-state index contributed by atoms with van der Waals surface area (Å²) in [4.78, 5) is 12.6. The van der Waals surface area contributed by atoms with Crippen molar-refractivity contribution < 1.29 is 18.0 Å². The number of rotatable bonds is 4. The fourth-order valence-corrected chi connectivity index (χ4v) is 4.93. The Morgan fingerprint density at radius 2 is 1.86 bits per heavy atom. The first-order valence-corrected chi connectivity index (χ1v) is 10.1. The summed E-state index contributed by atoms with van der Waals surface area (Å²) in [6, 6.07) is 9.09. The molecule has 10 nitrogen and oxygen atoms in total. The number of sulfonamides is 1. The monoisotopic (exact) mass is 423 g/mol. The van der Waals surface area contributed by atoms with Crippen LogP contribution in [0.2, 0.25) is 5.02 Å². The van der Waals surface area contributed by atoms with Crippen LogP contribution in [0.1, 0.15) is 0 Å². The molecule has 1 aliphatic heterocycles. The number of benzene rings is 2. The number of anilines is 1. The SMILES string of the molecule is O=[N+]([O-])c1cc(Cl)ccc1N1CCN(S(=O)(=O)c2cccc3nonc23)CC1. The quantitative estimate of drug-likeness (QED) is 0.462. The zero-order chi connectivity index (χ0) is 19.9. The third kappa shape index (κ3) is 3.17. The number of nitrogens with zero attached hydrogens (tertiary/aromatic N) is 5. The van der Waals surface area contributed by atoms with Gasteiger partial charge in [-0.3, -0.25) is 10.1 Å². The van der Waals surface area contributed by atoms with Gasteiger partial charge in [0.1, 0.15) is 16.1 Å². The molecular formula is C16H14ClN5O5S. The topological polar surface area (TPSA) is 123 Å². The van der Waals surface area contributed by atoms with Crippen molar-refractivity contribution >= 4 is 44.0 Å². The maximum absolute atomic E-state index is 13.0. The zero-order valence-corrected chi connectivity index (χ0v) is 15.9. The first-order valence-electron chi connectivity index (χ1n) is 8.28. The third-order valence-electron chi connectivity index (χ3n) is 4.58. The highest BCUT2D eigenvalue weighted by Gasteiger charge is 2.32. The number of hydrogen-bond donors (Lipinski definition) is 0. The lowest BCUT2D eigenvalue weighted by atomic mass is 10.2. The molecule has 1 saturated heterocycles. The van der Waals surface area contributed by atoms with Crippen molar-refractivity contribution in [1.29, 1.82) is 0 Å². The molecule has 1 aromatic heterocycles. The van der Waals surface area contributed by atoms with Crippen LogP contribution in [-0.2, 0) is 10.0 Å². The number of nitro groups is 1. The summed E-state index contributed by atoms with van der Waals surface area (Å²) < 4.78 is 32.0. The van der Waals surface area contributed by atoms with E-state index in [0.29, 0.717) is 24.3 Å². The van der Waals surface area contributed by atoms with E-state index in [1.807, 2.05) is 0 Å². The molecule has 0 N–H and O–H groups in total. The second kappa shape index (κ2) is 7.00. The van der Waals surface area contributed by atoms with Crippen molar-refractivity contribution in [2.75, 3.05) is 31.1 Å². The highest BCUT2D eigenvalue weighted by Crippen LogP contribution is 2.32. The van der Waals surface area contributed by atoms with Gasteiger partial charge in [-0.15, -0.1) is 0 Å². The standard InChI is InChI=1S/C16H14ClN5O5S/c17-11-4-5-13(14(10-11)22(23)24)20-6-8-21(9-7-20)28(25,26)15-3-1-2-12-16(15)19-27-18-12/h1-5,10H,6-9H2. The van der Waals surface area contributed by atoms with E-state index in [1.165, 1.54) is 16.4 Å². The average molecular weight is 424 g/mol. The van der Waals surface area contributed by atoms with E-state index < -0.39 is 14.9 Å². The fourth-order valence-electron chi connectivity index (χ4n) is 3.21. The van der Waals surface area contributed by atoms with Crippen LogP contribution >= 0.6 is 11.6 Å². The first-order chi connectivity index (χ1) is 13.4. The molecular weight excluding hydrogens is 410 g/mol. The Hall–Kier alpha value is -2.76. The maximum atomic E-state index is 13.0. The molecule has 28 heavy (non-hydrogen) atoms. The van der Waals surface area contributed by atoms with E-state index in [1.54, 1.807) is 29.2 Å². The van der Waals surface area contributed by atoms with Gasteiger partial charge in [-0.1, -0.05) is 17.7 Å². The van der Waals surface area contributed by atoms with Gasteiger partial charge >= 0.3 is 0 Å². The summed E-state index contributed by atoms with van der Waals surface area (Å²) in [6.07, 6.45) is 0. The van der Waals surface area contributed by atoms with Crippen molar-refractivity contribution in [3.63, 3.8) is 0 Å². The number of nitro benzene ring substituents is 1. The molecule has 0 bridgehead atoms. The van der Waals surface area contributed by atoms with Gasteiger partial charge in [0.2, 0.25) is 10.0 Å². The van der Waals surface area contributed by atoms with Crippen LogP contribution in [-0.4, -0.2) is 54.1 Å². The minimum atomic E-state index is -3.81. The second-order valence-corrected chi connectivity index (χ2v) is 8.51. The minimum Gasteiger partial charge on any atom is -0.363 e. The van der Waals surface area contributed by atoms with E-state index in [0.717, 1.165) is 0 Å². The highest BCUT2D eigenvalue weighted by atomic mass is 35.5. The van der Waals surface area contributed by atoms with Gasteiger partial charge in [0.25, 0.3) is 5.69 Å². The lowest BCUT2D eigenvalue weighted by Gasteiger charge is -2.35. The molecule has 3 aromatic rings. The zero-order valence-electron chi connectivity index (χ0n) is 14.4. The molecule has 0 radical (unpaired) electrons. The van der Waals surface area contributed by atoms with E-state index in [9.17, 15) is 18.5 Å². The molecule has 0 amide bonds. The van der Waals surface area contributed by atoms with Gasteiger partial charge in [-0.2, -0.15) is 4.31 Å². The summed E-state index contributed by atoms with van der Waals surface area (Å²) in [7, 11) is -3.81. The average Bonchev–Trinajstić information content (AvgIpc) is 3.16. The molecule has 0 spiro atoms. The fraction of sp³-hybridized carbons (Fsp3) is 0.250. The molecule has 146 valence electrons. The Balaban J connectivity index is 1.58. The predicted molar refractivity (Wildman–Crippen MR) is 101 cm³/mol. The van der Waals surface area contributed by atoms with E-state index in [4.69, 9.17) is 11.6 Å².